The molecule has 1 atom stereocenters. The van der Waals surface area contributed by atoms with Crippen LogP contribution in [0.25, 0.3) is 11.1 Å². The molecule has 5 heteroatoms. The predicted molar refractivity (Wildman–Crippen MR) is 122 cm³/mol. The van der Waals surface area contributed by atoms with E-state index in [2.05, 4.69) is 17.0 Å². The zero-order valence-electron chi connectivity index (χ0n) is 17.6. The highest BCUT2D eigenvalue weighted by molar-refractivity contribution is 5.73. The number of rotatable bonds is 6. The van der Waals surface area contributed by atoms with E-state index in [0.717, 1.165) is 41.8 Å². The molecule has 0 fully saturated rings. The van der Waals surface area contributed by atoms with Crippen LogP contribution in [0.15, 0.2) is 60.7 Å². The number of aliphatic carboxylic acids is 1. The summed E-state index contributed by atoms with van der Waals surface area (Å²) in [5.74, 6) is -1.11. The van der Waals surface area contributed by atoms with Crippen molar-refractivity contribution in [2.45, 2.75) is 38.8 Å². The number of fused-ring (bicyclic) bond motifs is 1. The third-order valence-corrected chi connectivity index (χ3v) is 5.95. The molecule has 160 valence electrons. The average Bonchev–Trinajstić information content (AvgIpc) is 2.75. The van der Waals surface area contributed by atoms with Crippen molar-refractivity contribution in [3.05, 3.63) is 88.7 Å². The number of benzene rings is 3. The van der Waals surface area contributed by atoms with E-state index in [0.29, 0.717) is 17.7 Å². The number of aryl methyl sites for hydroxylation is 1. The molecule has 1 unspecified atom stereocenters. The normalized spacial score (nSPS) is 14.2. The summed E-state index contributed by atoms with van der Waals surface area (Å²) < 4.78 is 15.1. The Kier molecular flexibility index (Phi) is 6.05. The highest BCUT2D eigenvalue weighted by Crippen LogP contribution is 2.35. The SMILES string of the molecule is CC(N)c1cccc(-c2ccc3c(c2)N(Cc2ccccc2CC(=O)O)CCC3)c1F. The second-order valence-corrected chi connectivity index (χ2v) is 8.21. The molecule has 3 aromatic carbocycles. The van der Waals surface area contributed by atoms with Crippen molar-refractivity contribution in [2.75, 3.05) is 11.4 Å². The maximum atomic E-state index is 15.1. The molecule has 3 aromatic rings. The van der Waals surface area contributed by atoms with E-state index in [1.807, 2.05) is 36.4 Å². The van der Waals surface area contributed by atoms with E-state index in [1.54, 1.807) is 19.1 Å². The van der Waals surface area contributed by atoms with Gasteiger partial charge in [0.2, 0.25) is 0 Å². The van der Waals surface area contributed by atoms with Gasteiger partial charge < -0.3 is 15.7 Å². The number of anilines is 1. The van der Waals surface area contributed by atoms with Crippen LogP contribution in [-0.4, -0.2) is 17.6 Å². The molecule has 1 aliphatic heterocycles. The monoisotopic (exact) mass is 418 g/mol. The molecule has 0 aromatic heterocycles. The fourth-order valence-corrected chi connectivity index (χ4v) is 4.36. The molecule has 4 rings (SSSR count). The van der Waals surface area contributed by atoms with E-state index in [4.69, 9.17) is 5.73 Å². The highest BCUT2D eigenvalue weighted by atomic mass is 19.1. The van der Waals surface area contributed by atoms with Gasteiger partial charge in [0.05, 0.1) is 6.42 Å². The van der Waals surface area contributed by atoms with E-state index in [9.17, 15) is 9.90 Å². The van der Waals surface area contributed by atoms with E-state index in [1.165, 1.54) is 5.56 Å². The molecule has 0 amide bonds. The molecule has 0 saturated heterocycles. The Morgan fingerprint density at radius 2 is 1.90 bits per heavy atom. The minimum atomic E-state index is -0.835. The molecule has 1 aliphatic rings. The van der Waals surface area contributed by atoms with Crippen molar-refractivity contribution in [1.29, 1.82) is 0 Å². The molecular weight excluding hydrogens is 391 g/mol. The zero-order valence-corrected chi connectivity index (χ0v) is 17.6. The maximum absolute atomic E-state index is 15.1. The third kappa shape index (κ3) is 4.47. The predicted octanol–water partition coefficient (Wildman–Crippen LogP) is 5.09. The van der Waals surface area contributed by atoms with Gasteiger partial charge in [-0.2, -0.15) is 0 Å². The fourth-order valence-electron chi connectivity index (χ4n) is 4.36. The van der Waals surface area contributed by atoms with Gasteiger partial charge >= 0.3 is 5.97 Å². The molecule has 0 saturated carbocycles. The first kappa shape index (κ1) is 21.1. The highest BCUT2D eigenvalue weighted by Gasteiger charge is 2.20. The average molecular weight is 419 g/mol. The summed E-state index contributed by atoms with van der Waals surface area (Å²) in [5, 5.41) is 9.25. The Morgan fingerprint density at radius 3 is 2.65 bits per heavy atom. The number of nitrogens with zero attached hydrogens (tertiary/aromatic N) is 1. The lowest BCUT2D eigenvalue weighted by atomic mass is 9.94. The Balaban J connectivity index is 1.70. The van der Waals surface area contributed by atoms with Crippen LogP contribution < -0.4 is 10.6 Å². The molecule has 0 radical (unpaired) electrons. The van der Waals surface area contributed by atoms with Crippen molar-refractivity contribution in [1.82, 2.24) is 0 Å². The van der Waals surface area contributed by atoms with Crippen LogP contribution in [0.5, 0.6) is 0 Å². The van der Waals surface area contributed by atoms with E-state index >= 15 is 4.39 Å². The lowest BCUT2D eigenvalue weighted by Gasteiger charge is -2.32. The molecule has 3 N–H and O–H groups in total. The largest absolute Gasteiger partial charge is 0.481 e. The van der Waals surface area contributed by atoms with Crippen LogP contribution in [-0.2, 0) is 24.2 Å². The minimum absolute atomic E-state index is 0.00614. The summed E-state index contributed by atoms with van der Waals surface area (Å²) in [4.78, 5) is 13.5. The van der Waals surface area contributed by atoms with Crippen LogP contribution in [0.3, 0.4) is 0 Å². The second kappa shape index (κ2) is 8.90. The molecule has 1 heterocycles. The number of hydrogen-bond acceptors (Lipinski definition) is 3. The summed E-state index contributed by atoms with van der Waals surface area (Å²) >= 11 is 0. The van der Waals surface area contributed by atoms with Crippen LogP contribution >= 0.6 is 0 Å². The van der Waals surface area contributed by atoms with Gasteiger partial charge in [-0.3, -0.25) is 4.79 Å². The first-order valence-corrected chi connectivity index (χ1v) is 10.6. The molecular formula is C26H27FN2O2. The van der Waals surface area contributed by atoms with Crippen LogP contribution in [0.1, 0.15) is 41.6 Å². The summed E-state index contributed by atoms with van der Waals surface area (Å²) in [5.41, 5.74) is 12.0. The van der Waals surface area contributed by atoms with Crippen molar-refractivity contribution in [2.24, 2.45) is 5.73 Å². The number of hydrogen-bond donors (Lipinski definition) is 2. The number of carboxylic acids is 1. The van der Waals surface area contributed by atoms with Crippen molar-refractivity contribution in [3.8, 4) is 11.1 Å². The van der Waals surface area contributed by atoms with Gasteiger partial charge in [-0.1, -0.05) is 54.6 Å². The fraction of sp³-hybridized carbons (Fsp3) is 0.269. The minimum Gasteiger partial charge on any atom is -0.481 e. The standard InChI is InChI=1S/C26H27FN2O2/c1-17(28)22-9-4-10-23(26(22)27)20-12-11-18-8-5-13-29(24(18)14-20)16-21-7-3-2-6-19(21)15-25(30)31/h2-4,6-7,9-12,14,17H,5,8,13,15-16,28H2,1H3,(H,30,31). The van der Waals surface area contributed by atoms with Gasteiger partial charge in [-0.25, -0.2) is 4.39 Å². The van der Waals surface area contributed by atoms with Crippen LogP contribution in [0, 0.1) is 5.82 Å². The molecule has 31 heavy (non-hydrogen) atoms. The first-order valence-electron chi connectivity index (χ1n) is 10.6. The second-order valence-electron chi connectivity index (χ2n) is 8.21. The Morgan fingerprint density at radius 1 is 1.13 bits per heavy atom. The molecule has 0 bridgehead atoms. The summed E-state index contributed by atoms with van der Waals surface area (Å²) in [6.07, 6.45) is 2.01. The summed E-state index contributed by atoms with van der Waals surface area (Å²) in [6.45, 7) is 3.29. The smallest absolute Gasteiger partial charge is 0.307 e. The molecule has 0 aliphatic carbocycles. The van der Waals surface area contributed by atoms with Crippen molar-refractivity contribution >= 4 is 11.7 Å². The van der Waals surface area contributed by atoms with E-state index in [-0.39, 0.29) is 18.3 Å². The van der Waals surface area contributed by atoms with Crippen molar-refractivity contribution < 1.29 is 14.3 Å². The number of carboxylic acid groups (broad SMARTS) is 1. The lowest BCUT2D eigenvalue weighted by Crippen LogP contribution is -2.29. The summed E-state index contributed by atoms with van der Waals surface area (Å²) in [6, 6.07) is 18.8. The van der Waals surface area contributed by atoms with Gasteiger partial charge in [0.15, 0.2) is 0 Å². The van der Waals surface area contributed by atoms with Crippen molar-refractivity contribution in [3.63, 3.8) is 0 Å². The molecule has 0 spiro atoms. The Hall–Kier alpha value is -3.18. The third-order valence-electron chi connectivity index (χ3n) is 5.95. The lowest BCUT2D eigenvalue weighted by molar-refractivity contribution is -0.136. The van der Waals surface area contributed by atoms with Gasteiger partial charge in [0.1, 0.15) is 5.82 Å². The van der Waals surface area contributed by atoms with E-state index < -0.39 is 5.97 Å². The quantitative estimate of drug-likeness (QED) is 0.585. The topological polar surface area (TPSA) is 66.6 Å². The maximum Gasteiger partial charge on any atom is 0.307 e. The zero-order chi connectivity index (χ0) is 22.0. The molecule has 4 nitrogen and oxygen atoms in total. The number of halogens is 1. The Labute approximate surface area is 182 Å². The number of carbonyl (C=O) groups is 1. The first-order chi connectivity index (χ1) is 14.9. The van der Waals surface area contributed by atoms with Gasteiger partial charge in [-0.15, -0.1) is 0 Å². The Bertz CT molecular complexity index is 1110. The van der Waals surface area contributed by atoms with Gasteiger partial charge in [0.25, 0.3) is 0 Å². The summed E-state index contributed by atoms with van der Waals surface area (Å²) in [7, 11) is 0. The van der Waals surface area contributed by atoms with Gasteiger partial charge in [0, 0.05) is 35.9 Å². The van der Waals surface area contributed by atoms with Crippen LogP contribution in [0.4, 0.5) is 10.1 Å². The van der Waals surface area contributed by atoms with Crippen LogP contribution in [0.2, 0.25) is 0 Å². The number of nitrogens with two attached hydrogens (primary N) is 1. The van der Waals surface area contributed by atoms with Gasteiger partial charge in [-0.05, 0) is 48.1 Å².